The molecule has 0 radical (unpaired) electrons. The van der Waals surface area contributed by atoms with Gasteiger partial charge in [0.25, 0.3) is 5.91 Å². The van der Waals surface area contributed by atoms with E-state index in [0.29, 0.717) is 12.1 Å². The number of pyridine rings is 1. The van der Waals surface area contributed by atoms with Crippen molar-refractivity contribution < 1.29 is 9.53 Å². The third-order valence-electron chi connectivity index (χ3n) is 5.39. The minimum Gasteiger partial charge on any atom is -0.372 e. The first kappa shape index (κ1) is 21.7. The van der Waals surface area contributed by atoms with Gasteiger partial charge >= 0.3 is 0 Å². The lowest BCUT2D eigenvalue weighted by Gasteiger charge is -2.36. The minimum atomic E-state index is -0.0832. The molecule has 1 fully saturated rings. The molecule has 29 heavy (non-hydrogen) atoms. The van der Waals surface area contributed by atoms with Crippen molar-refractivity contribution in [1.29, 1.82) is 0 Å². The second-order valence-corrected chi connectivity index (χ2v) is 8.35. The Bertz CT molecular complexity index is 752. The first-order chi connectivity index (χ1) is 14.0. The molecule has 1 aliphatic heterocycles. The predicted molar refractivity (Wildman–Crippen MR) is 119 cm³/mol. The van der Waals surface area contributed by atoms with Gasteiger partial charge in [-0.2, -0.15) is 11.3 Å². The summed E-state index contributed by atoms with van der Waals surface area (Å²) in [5.74, 6) is 0.808. The first-order valence-electron chi connectivity index (χ1n) is 10.4. The molecule has 3 heterocycles. The summed E-state index contributed by atoms with van der Waals surface area (Å²) in [5, 5.41) is 7.35. The lowest BCUT2D eigenvalue weighted by atomic mass is 10.1. The van der Waals surface area contributed by atoms with Gasteiger partial charge in [0, 0.05) is 25.8 Å². The Hall–Kier alpha value is -1.96. The second-order valence-electron chi connectivity index (χ2n) is 7.57. The van der Waals surface area contributed by atoms with Crippen LogP contribution in [-0.2, 0) is 4.74 Å². The van der Waals surface area contributed by atoms with Crippen LogP contribution in [0.25, 0.3) is 0 Å². The number of rotatable bonds is 8. The van der Waals surface area contributed by atoms with Gasteiger partial charge in [-0.3, -0.25) is 9.69 Å². The number of carbonyl (C=O) groups excluding carboxylic acids is 1. The number of nitrogens with zero attached hydrogens (tertiary/aromatic N) is 3. The van der Waals surface area contributed by atoms with Crippen molar-refractivity contribution in [2.45, 2.75) is 45.9 Å². The Morgan fingerprint density at radius 1 is 1.28 bits per heavy atom. The highest BCUT2D eigenvalue weighted by atomic mass is 32.1. The molecule has 0 unspecified atom stereocenters. The van der Waals surface area contributed by atoms with Gasteiger partial charge < -0.3 is 15.0 Å². The monoisotopic (exact) mass is 416 g/mol. The zero-order chi connectivity index (χ0) is 20.8. The highest BCUT2D eigenvalue weighted by Crippen LogP contribution is 2.23. The molecule has 1 aliphatic rings. The van der Waals surface area contributed by atoms with Gasteiger partial charge in [-0.15, -0.1) is 0 Å². The van der Waals surface area contributed by atoms with E-state index in [0.717, 1.165) is 32.0 Å². The van der Waals surface area contributed by atoms with E-state index in [9.17, 15) is 4.79 Å². The maximum absolute atomic E-state index is 12.7. The number of thiophene rings is 1. The van der Waals surface area contributed by atoms with Crippen LogP contribution in [0.1, 0.15) is 49.7 Å². The van der Waals surface area contributed by atoms with Crippen LogP contribution in [0.4, 0.5) is 5.82 Å². The smallest absolute Gasteiger partial charge is 0.252 e. The Morgan fingerprint density at radius 3 is 2.55 bits per heavy atom. The lowest BCUT2D eigenvalue weighted by molar-refractivity contribution is -0.00546. The molecular weight excluding hydrogens is 384 g/mol. The molecule has 0 saturated carbocycles. The molecule has 0 aromatic carbocycles. The first-order valence-corrected chi connectivity index (χ1v) is 11.4. The predicted octanol–water partition coefficient (Wildman–Crippen LogP) is 3.57. The summed E-state index contributed by atoms with van der Waals surface area (Å²) in [6.45, 7) is 12.6. The quantitative estimate of drug-likeness (QED) is 0.713. The van der Waals surface area contributed by atoms with Crippen molar-refractivity contribution >= 4 is 23.1 Å². The Kier molecular flexibility index (Phi) is 7.64. The van der Waals surface area contributed by atoms with Crippen LogP contribution in [0, 0.1) is 0 Å². The number of ether oxygens (including phenoxy) is 1. The van der Waals surface area contributed by atoms with Crippen LogP contribution in [0.15, 0.2) is 35.2 Å². The summed E-state index contributed by atoms with van der Waals surface area (Å²) in [4.78, 5) is 21.8. The number of morpholine rings is 1. The topological polar surface area (TPSA) is 57.7 Å². The maximum Gasteiger partial charge on any atom is 0.252 e. The zero-order valence-electron chi connectivity index (χ0n) is 17.8. The average Bonchev–Trinajstić information content (AvgIpc) is 3.25. The van der Waals surface area contributed by atoms with Crippen molar-refractivity contribution in [3.05, 3.63) is 46.3 Å². The third-order valence-corrected chi connectivity index (χ3v) is 6.09. The molecule has 2 aromatic rings. The Balaban J connectivity index is 1.62. The Morgan fingerprint density at radius 2 is 2.00 bits per heavy atom. The molecule has 1 saturated heterocycles. The molecule has 3 atom stereocenters. The van der Waals surface area contributed by atoms with Gasteiger partial charge in [0.05, 0.1) is 23.8 Å². The van der Waals surface area contributed by atoms with Crippen molar-refractivity contribution in [1.82, 2.24) is 15.2 Å². The molecule has 158 valence electrons. The van der Waals surface area contributed by atoms with Crippen molar-refractivity contribution in [3.8, 4) is 0 Å². The standard InChI is InChI=1S/C22H32N4O2S/c1-5-25(6-2)20(19-9-10-29-15-19)12-24-22(27)18-7-8-21(23-11-18)26-13-16(3)28-17(4)14-26/h7-11,15-17,20H,5-6,12-14H2,1-4H3,(H,24,27)/t16-,17+,20-/m0/s1. The molecule has 3 rings (SSSR count). The molecule has 0 bridgehead atoms. The maximum atomic E-state index is 12.7. The van der Waals surface area contributed by atoms with Crippen LogP contribution < -0.4 is 10.2 Å². The van der Waals surface area contributed by atoms with E-state index in [2.05, 4.69) is 64.6 Å². The molecular formula is C22H32N4O2S. The molecule has 1 N–H and O–H groups in total. The number of amides is 1. The van der Waals surface area contributed by atoms with Crippen molar-refractivity contribution in [3.63, 3.8) is 0 Å². The number of hydrogen-bond donors (Lipinski definition) is 1. The summed E-state index contributed by atoms with van der Waals surface area (Å²) in [5.41, 5.74) is 1.84. The van der Waals surface area contributed by atoms with Crippen LogP contribution in [-0.4, -0.2) is 60.7 Å². The van der Waals surface area contributed by atoms with E-state index in [1.165, 1.54) is 5.56 Å². The Labute approximate surface area is 177 Å². The minimum absolute atomic E-state index is 0.0832. The summed E-state index contributed by atoms with van der Waals surface area (Å²) in [7, 11) is 0. The summed E-state index contributed by atoms with van der Waals surface area (Å²) >= 11 is 1.69. The van der Waals surface area contributed by atoms with Crippen molar-refractivity contribution in [2.75, 3.05) is 37.6 Å². The molecule has 7 heteroatoms. The highest BCUT2D eigenvalue weighted by Gasteiger charge is 2.23. The van der Waals surface area contributed by atoms with Gasteiger partial charge in [-0.05, 0) is 61.5 Å². The zero-order valence-corrected chi connectivity index (χ0v) is 18.6. The second kappa shape index (κ2) is 10.2. The van der Waals surface area contributed by atoms with E-state index in [1.54, 1.807) is 17.5 Å². The fourth-order valence-electron chi connectivity index (χ4n) is 3.95. The van der Waals surface area contributed by atoms with Crippen LogP contribution in [0.5, 0.6) is 0 Å². The molecule has 0 spiro atoms. The average molecular weight is 417 g/mol. The fraction of sp³-hybridized carbons (Fsp3) is 0.545. The SMILES string of the molecule is CCN(CC)[C@@H](CNC(=O)c1ccc(N2C[C@@H](C)O[C@@H](C)C2)nc1)c1ccsc1. The molecule has 1 amide bonds. The van der Waals surface area contributed by atoms with Gasteiger partial charge in [-0.25, -0.2) is 4.98 Å². The third kappa shape index (κ3) is 5.56. The van der Waals surface area contributed by atoms with E-state index in [4.69, 9.17) is 4.74 Å². The van der Waals surface area contributed by atoms with Crippen LogP contribution >= 0.6 is 11.3 Å². The van der Waals surface area contributed by atoms with E-state index in [1.807, 2.05) is 12.1 Å². The summed E-state index contributed by atoms with van der Waals surface area (Å²) < 4.78 is 5.79. The largest absolute Gasteiger partial charge is 0.372 e. The highest BCUT2D eigenvalue weighted by molar-refractivity contribution is 7.07. The number of likely N-dealkylation sites (N-methyl/N-ethyl adjacent to an activating group) is 1. The van der Waals surface area contributed by atoms with Gasteiger partial charge in [0.1, 0.15) is 5.82 Å². The lowest BCUT2D eigenvalue weighted by Crippen LogP contribution is -2.45. The number of nitrogens with one attached hydrogen (secondary N) is 1. The summed E-state index contributed by atoms with van der Waals surface area (Å²) in [6.07, 6.45) is 2.03. The summed E-state index contributed by atoms with van der Waals surface area (Å²) in [6, 6.07) is 6.11. The van der Waals surface area contributed by atoms with Gasteiger partial charge in [0.2, 0.25) is 0 Å². The van der Waals surface area contributed by atoms with E-state index >= 15 is 0 Å². The van der Waals surface area contributed by atoms with Gasteiger partial charge in [-0.1, -0.05) is 13.8 Å². The number of hydrogen-bond acceptors (Lipinski definition) is 6. The molecule has 0 aliphatic carbocycles. The van der Waals surface area contributed by atoms with E-state index < -0.39 is 0 Å². The normalized spacial score (nSPS) is 20.7. The van der Waals surface area contributed by atoms with Crippen LogP contribution in [0.2, 0.25) is 0 Å². The van der Waals surface area contributed by atoms with Crippen LogP contribution in [0.3, 0.4) is 0 Å². The number of carbonyl (C=O) groups is 1. The molecule has 2 aromatic heterocycles. The molecule has 6 nitrogen and oxygen atoms in total. The van der Waals surface area contributed by atoms with E-state index in [-0.39, 0.29) is 24.2 Å². The number of aromatic nitrogens is 1. The fourth-order valence-corrected chi connectivity index (χ4v) is 4.66. The number of anilines is 1. The van der Waals surface area contributed by atoms with Gasteiger partial charge in [0.15, 0.2) is 0 Å². The van der Waals surface area contributed by atoms with Crippen molar-refractivity contribution in [2.24, 2.45) is 0 Å².